The number of amides is 1. The van der Waals surface area contributed by atoms with Crippen LogP contribution >= 0.6 is 0 Å². The Balaban J connectivity index is 1.36. The van der Waals surface area contributed by atoms with E-state index in [1.54, 1.807) is 12.1 Å². The molecule has 0 spiro atoms. The van der Waals surface area contributed by atoms with Crippen LogP contribution in [0.1, 0.15) is 23.5 Å². The lowest BCUT2D eigenvalue weighted by atomic mass is 10.1. The van der Waals surface area contributed by atoms with Gasteiger partial charge in [0.15, 0.2) is 5.75 Å². The number of benzene rings is 1. The summed E-state index contributed by atoms with van der Waals surface area (Å²) in [4.78, 5) is 22.0. The molecule has 1 aromatic carbocycles. The molecule has 1 aliphatic heterocycles. The second kappa shape index (κ2) is 8.57. The van der Waals surface area contributed by atoms with E-state index in [0.29, 0.717) is 12.4 Å². The van der Waals surface area contributed by atoms with E-state index in [1.165, 1.54) is 24.5 Å². The minimum atomic E-state index is -0.330. The monoisotopic (exact) mass is 360 g/mol. The molecule has 26 heavy (non-hydrogen) atoms. The second-order valence-corrected chi connectivity index (χ2v) is 6.16. The van der Waals surface area contributed by atoms with Crippen LogP contribution in [0.25, 0.3) is 0 Å². The summed E-state index contributed by atoms with van der Waals surface area (Å²) in [7, 11) is 0. The molecule has 1 amide bonds. The fourth-order valence-corrected chi connectivity index (χ4v) is 2.81. The van der Waals surface area contributed by atoms with Crippen LogP contribution in [0.4, 0.5) is 4.39 Å². The Bertz CT molecular complexity index is 716. The summed E-state index contributed by atoms with van der Waals surface area (Å²) in [6.07, 6.45) is 4.07. The van der Waals surface area contributed by atoms with E-state index in [2.05, 4.69) is 20.2 Å². The van der Waals surface area contributed by atoms with Gasteiger partial charge in [-0.1, -0.05) is 0 Å². The zero-order chi connectivity index (χ0) is 18.4. The van der Waals surface area contributed by atoms with Crippen LogP contribution < -0.4 is 10.1 Å². The van der Waals surface area contributed by atoms with Crippen molar-refractivity contribution in [2.24, 2.45) is 0 Å². The standard InChI is InChI=1S/C18H21FN4O3/c19-13-1-3-16(4-2-13)26-10-9-23-7-5-14(6-8-23)22-18(25)17-20-11-15(24)12-21-17/h1-4,11-12,14,24H,5-10H2,(H,22,25). The number of hydrogen-bond acceptors (Lipinski definition) is 6. The molecule has 2 N–H and O–H groups in total. The highest BCUT2D eigenvalue weighted by molar-refractivity contribution is 5.90. The summed E-state index contributed by atoms with van der Waals surface area (Å²) in [6.45, 7) is 3.02. The van der Waals surface area contributed by atoms with Gasteiger partial charge in [0.05, 0.1) is 12.4 Å². The van der Waals surface area contributed by atoms with Gasteiger partial charge < -0.3 is 15.2 Å². The van der Waals surface area contributed by atoms with E-state index < -0.39 is 0 Å². The molecule has 0 unspecified atom stereocenters. The summed E-state index contributed by atoms with van der Waals surface area (Å²) in [6, 6.07) is 6.06. The molecule has 3 rings (SSSR count). The van der Waals surface area contributed by atoms with E-state index in [1.807, 2.05) is 0 Å². The van der Waals surface area contributed by atoms with E-state index in [-0.39, 0.29) is 29.3 Å². The van der Waals surface area contributed by atoms with Gasteiger partial charge in [0, 0.05) is 25.7 Å². The highest BCUT2D eigenvalue weighted by atomic mass is 19.1. The number of aromatic nitrogens is 2. The SMILES string of the molecule is O=C(NC1CCN(CCOc2ccc(F)cc2)CC1)c1ncc(O)cn1. The molecule has 2 aromatic rings. The average Bonchev–Trinajstić information content (AvgIpc) is 2.65. The van der Waals surface area contributed by atoms with Crippen molar-refractivity contribution in [1.29, 1.82) is 0 Å². The maximum atomic E-state index is 12.8. The number of halogens is 1. The van der Waals surface area contributed by atoms with Crippen molar-refractivity contribution >= 4 is 5.91 Å². The first-order chi connectivity index (χ1) is 12.6. The van der Waals surface area contributed by atoms with Gasteiger partial charge in [-0.2, -0.15) is 0 Å². The molecule has 8 heteroatoms. The fourth-order valence-electron chi connectivity index (χ4n) is 2.81. The number of hydrogen-bond donors (Lipinski definition) is 2. The summed E-state index contributed by atoms with van der Waals surface area (Å²) in [5, 5.41) is 12.1. The average molecular weight is 360 g/mol. The Morgan fingerprint density at radius 2 is 1.88 bits per heavy atom. The molecule has 1 saturated heterocycles. The first-order valence-electron chi connectivity index (χ1n) is 8.53. The predicted octanol–water partition coefficient (Wildman–Crippen LogP) is 1.59. The summed E-state index contributed by atoms with van der Waals surface area (Å²) in [5.41, 5.74) is 0. The number of carbonyl (C=O) groups excluding carboxylic acids is 1. The molecular formula is C18H21FN4O3. The molecule has 138 valence electrons. The lowest BCUT2D eigenvalue weighted by Crippen LogP contribution is -2.45. The van der Waals surface area contributed by atoms with Gasteiger partial charge in [0.25, 0.3) is 5.91 Å². The summed E-state index contributed by atoms with van der Waals surface area (Å²) >= 11 is 0. The molecule has 0 bridgehead atoms. The van der Waals surface area contributed by atoms with Gasteiger partial charge in [-0.25, -0.2) is 14.4 Å². The van der Waals surface area contributed by atoms with Crippen LogP contribution in [0.2, 0.25) is 0 Å². The number of carbonyl (C=O) groups is 1. The van der Waals surface area contributed by atoms with Crippen LogP contribution in [0.15, 0.2) is 36.7 Å². The van der Waals surface area contributed by atoms with Crippen molar-refractivity contribution in [3.8, 4) is 11.5 Å². The smallest absolute Gasteiger partial charge is 0.289 e. The summed E-state index contributed by atoms with van der Waals surface area (Å²) in [5.74, 6) is 0.0281. The maximum Gasteiger partial charge on any atom is 0.289 e. The molecule has 0 radical (unpaired) electrons. The van der Waals surface area contributed by atoms with E-state index >= 15 is 0 Å². The maximum absolute atomic E-state index is 12.8. The van der Waals surface area contributed by atoms with Gasteiger partial charge >= 0.3 is 0 Å². The molecule has 0 saturated carbocycles. The fraction of sp³-hybridized carbons (Fsp3) is 0.389. The van der Waals surface area contributed by atoms with Crippen molar-refractivity contribution in [3.63, 3.8) is 0 Å². The van der Waals surface area contributed by atoms with Crippen LogP contribution in [-0.2, 0) is 0 Å². The third-order valence-electron chi connectivity index (χ3n) is 4.25. The Hall–Kier alpha value is -2.74. The van der Waals surface area contributed by atoms with Gasteiger partial charge in [0.2, 0.25) is 5.82 Å². The summed E-state index contributed by atoms with van der Waals surface area (Å²) < 4.78 is 18.4. The molecule has 1 aromatic heterocycles. The minimum absolute atomic E-state index is 0.0536. The molecule has 0 aliphatic carbocycles. The van der Waals surface area contributed by atoms with Crippen LogP contribution in [-0.4, -0.2) is 58.2 Å². The lowest BCUT2D eigenvalue weighted by molar-refractivity contribution is 0.0895. The van der Waals surface area contributed by atoms with E-state index in [0.717, 1.165) is 32.5 Å². The van der Waals surface area contributed by atoms with Gasteiger partial charge in [0.1, 0.15) is 18.2 Å². The largest absolute Gasteiger partial charge is 0.505 e. The number of nitrogens with zero attached hydrogens (tertiary/aromatic N) is 3. The molecule has 7 nitrogen and oxygen atoms in total. The van der Waals surface area contributed by atoms with Crippen molar-refractivity contribution < 1.29 is 19.0 Å². The number of aromatic hydroxyl groups is 1. The highest BCUT2D eigenvalue weighted by Crippen LogP contribution is 2.13. The zero-order valence-electron chi connectivity index (χ0n) is 14.3. The third-order valence-corrected chi connectivity index (χ3v) is 4.25. The zero-order valence-corrected chi connectivity index (χ0v) is 14.3. The van der Waals surface area contributed by atoms with Crippen molar-refractivity contribution in [1.82, 2.24) is 20.2 Å². The number of rotatable bonds is 6. The quantitative estimate of drug-likeness (QED) is 0.814. The molecular weight excluding hydrogens is 339 g/mol. The lowest BCUT2D eigenvalue weighted by Gasteiger charge is -2.32. The number of ether oxygens (including phenoxy) is 1. The van der Waals surface area contributed by atoms with Crippen LogP contribution in [0, 0.1) is 5.82 Å². The highest BCUT2D eigenvalue weighted by Gasteiger charge is 2.22. The minimum Gasteiger partial charge on any atom is -0.505 e. The van der Waals surface area contributed by atoms with Gasteiger partial charge in [-0.3, -0.25) is 9.69 Å². The second-order valence-electron chi connectivity index (χ2n) is 6.16. The van der Waals surface area contributed by atoms with Gasteiger partial charge in [-0.05, 0) is 37.1 Å². The van der Waals surface area contributed by atoms with Crippen molar-refractivity contribution in [2.75, 3.05) is 26.2 Å². The van der Waals surface area contributed by atoms with E-state index in [9.17, 15) is 9.18 Å². The number of likely N-dealkylation sites (tertiary alicyclic amines) is 1. The van der Waals surface area contributed by atoms with Crippen LogP contribution in [0.3, 0.4) is 0 Å². The van der Waals surface area contributed by atoms with Gasteiger partial charge in [-0.15, -0.1) is 0 Å². The number of nitrogens with one attached hydrogen (secondary N) is 1. The normalized spacial score (nSPS) is 15.6. The number of piperidine rings is 1. The van der Waals surface area contributed by atoms with E-state index in [4.69, 9.17) is 9.84 Å². The molecule has 1 aliphatic rings. The Kier molecular flexibility index (Phi) is 5.96. The Labute approximate surface area is 150 Å². The van der Waals surface area contributed by atoms with Crippen molar-refractivity contribution in [2.45, 2.75) is 18.9 Å². The van der Waals surface area contributed by atoms with Crippen molar-refractivity contribution in [3.05, 3.63) is 48.3 Å². The first kappa shape index (κ1) is 18.1. The molecule has 0 atom stereocenters. The Morgan fingerprint density at radius 3 is 2.54 bits per heavy atom. The molecule has 2 heterocycles. The predicted molar refractivity (Wildman–Crippen MR) is 92.5 cm³/mol. The van der Waals surface area contributed by atoms with Crippen LogP contribution in [0.5, 0.6) is 11.5 Å². The topological polar surface area (TPSA) is 87.6 Å². The third kappa shape index (κ3) is 5.13. The molecule has 1 fully saturated rings. The first-order valence-corrected chi connectivity index (χ1v) is 8.53. The Morgan fingerprint density at radius 1 is 1.23 bits per heavy atom.